The maximum absolute atomic E-state index is 12.6. The minimum Gasteiger partial charge on any atom is -0.385 e. The van der Waals surface area contributed by atoms with E-state index in [1.165, 1.54) is 0 Å². The largest absolute Gasteiger partial charge is 0.385 e. The van der Waals surface area contributed by atoms with Crippen LogP contribution in [0.2, 0.25) is 0 Å². The summed E-state index contributed by atoms with van der Waals surface area (Å²) >= 11 is 1.98. The lowest BCUT2D eigenvalue weighted by Gasteiger charge is -2.27. The maximum atomic E-state index is 12.6. The molecule has 0 bridgehead atoms. The number of fused-ring (bicyclic) bond motifs is 1. The predicted octanol–water partition coefficient (Wildman–Crippen LogP) is 1.64. The minimum absolute atomic E-state index is 0.271. The zero-order valence-electron chi connectivity index (χ0n) is 12.3. The summed E-state index contributed by atoms with van der Waals surface area (Å²) in [6, 6.07) is 0. The molecule has 3 aliphatic rings. The predicted molar refractivity (Wildman–Crippen MR) is 79.8 cm³/mol. The molecule has 3 saturated heterocycles. The van der Waals surface area contributed by atoms with Crippen molar-refractivity contribution in [3.63, 3.8) is 0 Å². The van der Waals surface area contributed by atoms with Crippen LogP contribution in [-0.4, -0.2) is 61.8 Å². The van der Waals surface area contributed by atoms with Gasteiger partial charge >= 0.3 is 0 Å². The summed E-state index contributed by atoms with van der Waals surface area (Å²) in [4.78, 5) is 14.7. The van der Waals surface area contributed by atoms with Gasteiger partial charge in [-0.15, -0.1) is 0 Å². The Kier molecular flexibility index (Phi) is 4.89. The first-order valence-electron chi connectivity index (χ1n) is 7.76. The van der Waals surface area contributed by atoms with Crippen molar-refractivity contribution in [1.29, 1.82) is 0 Å². The number of ether oxygens (including phenoxy) is 2. The van der Waals surface area contributed by atoms with E-state index in [-0.39, 0.29) is 12.0 Å². The number of hydrogen-bond acceptors (Lipinski definition) is 4. The second kappa shape index (κ2) is 6.67. The molecule has 20 heavy (non-hydrogen) atoms. The van der Waals surface area contributed by atoms with Crippen molar-refractivity contribution in [2.24, 2.45) is 17.8 Å². The van der Waals surface area contributed by atoms with Gasteiger partial charge in [-0.25, -0.2) is 0 Å². The third-order valence-corrected chi connectivity index (χ3v) is 6.06. The van der Waals surface area contributed by atoms with Crippen molar-refractivity contribution < 1.29 is 14.3 Å². The molecule has 0 N–H and O–H groups in total. The Morgan fingerprint density at radius 3 is 2.90 bits per heavy atom. The molecule has 0 aromatic rings. The number of likely N-dealkylation sites (tertiary alicyclic amines) is 1. The summed E-state index contributed by atoms with van der Waals surface area (Å²) < 4.78 is 11.1. The van der Waals surface area contributed by atoms with E-state index in [9.17, 15) is 4.79 Å². The Bertz CT molecular complexity index is 346. The number of carbonyl (C=O) groups excluding carboxylic acids is 1. The standard InChI is InChI=1S/C15H25NO3S/c1-18-5-2-12-10-19-14-9-16(8-13(12)14)15(17)11-3-6-20-7-4-11/h11-14H,2-10H2,1H3/t12-,13-,14-/m0/s1. The van der Waals surface area contributed by atoms with Gasteiger partial charge in [0.05, 0.1) is 12.7 Å². The van der Waals surface area contributed by atoms with E-state index >= 15 is 0 Å². The summed E-state index contributed by atoms with van der Waals surface area (Å²) in [7, 11) is 1.75. The molecule has 5 heteroatoms. The molecule has 0 aromatic carbocycles. The molecule has 0 aliphatic carbocycles. The van der Waals surface area contributed by atoms with Crippen molar-refractivity contribution >= 4 is 17.7 Å². The van der Waals surface area contributed by atoms with Gasteiger partial charge in [0.15, 0.2) is 0 Å². The third-order valence-electron chi connectivity index (χ3n) is 5.01. The van der Waals surface area contributed by atoms with E-state index < -0.39 is 0 Å². The molecule has 3 rings (SSSR count). The van der Waals surface area contributed by atoms with E-state index in [0.29, 0.717) is 17.7 Å². The van der Waals surface area contributed by atoms with Crippen molar-refractivity contribution in [2.45, 2.75) is 25.4 Å². The van der Waals surface area contributed by atoms with Crippen LogP contribution in [0.4, 0.5) is 0 Å². The number of thioether (sulfide) groups is 1. The van der Waals surface area contributed by atoms with Crippen LogP contribution in [-0.2, 0) is 14.3 Å². The van der Waals surface area contributed by atoms with Gasteiger partial charge in [0.1, 0.15) is 0 Å². The van der Waals surface area contributed by atoms with E-state index in [1.807, 2.05) is 11.8 Å². The van der Waals surface area contributed by atoms with Gasteiger partial charge in [0, 0.05) is 38.6 Å². The molecule has 0 radical (unpaired) electrons. The Hall–Kier alpha value is -0.260. The lowest BCUT2D eigenvalue weighted by atomic mass is 9.91. The molecule has 3 aliphatic heterocycles. The summed E-state index contributed by atoms with van der Waals surface area (Å²) in [5.74, 6) is 4.04. The molecule has 114 valence electrons. The normalized spacial score (nSPS) is 34.5. The molecule has 3 atom stereocenters. The molecule has 3 fully saturated rings. The fraction of sp³-hybridized carbons (Fsp3) is 0.933. The van der Waals surface area contributed by atoms with Gasteiger partial charge in [-0.2, -0.15) is 11.8 Å². The van der Waals surface area contributed by atoms with Crippen molar-refractivity contribution in [2.75, 3.05) is 44.9 Å². The van der Waals surface area contributed by atoms with E-state index in [0.717, 1.165) is 57.1 Å². The number of amides is 1. The van der Waals surface area contributed by atoms with Gasteiger partial charge in [-0.05, 0) is 36.7 Å². The second-order valence-corrected chi connectivity index (χ2v) is 7.43. The molecular weight excluding hydrogens is 274 g/mol. The van der Waals surface area contributed by atoms with Gasteiger partial charge in [-0.3, -0.25) is 4.79 Å². The van der Waals surface area contributed by atoms with Crippen LogP contribution < -0.4 is 0 Å². The van der Waals surface area contributed by atoms with Gasteiger partial charge in [-0.1, -0.05) is 0 Å². The van der Waals surface area contributed by atoms with Crippen molar-refractivity contribution in [3.05, 3.63) is 0 Å². The SMILES string of the molecule is COCC[C@H]1CO[C@H]2CN(C(=O)C3CCSCC3)C[C@@H]12. The minimum atomic E-state index is 0.271. The number of methoxy groups -OCH3 is 1. The van der Waals surface area contributed by atoms with E-state index in [1.54, 1.807) is 7.11 Å². The first-order valence-corrected chi connectivity index (χ1v) is 8.92. The molecule has 1 amide bonds. The monoisotopic (exact) mass is 299 g/mol. The third kappa shape index (κ3) is 3.00. The average Bonchev–Trinajstić information content (AvgIpc) is 3.06. The Labute approximate surface area is 125 Å². The Morgan fingerprint density at radius 1 is 1.35 bits per heavy atom. The van der Waals surface area contributed by atoms with Crippen LogP contribution >= 0.6 is 11.8 Å². The quantitative estimate of drug-likeness (QED) is 0.791. The number of carbonyl (C=O) groups is 1. The molecule has 0 aromatic heterocycles. The molecule has 3 heterocycles. The first-order chi connectivity index (χ1) is 9.79. The van der Waals surface area contributed by atoms with Crippen LogP contribution in [0, 0.1) is 17.8 Å². The summed E-state index contributed by atoms with van der Waals surface area (Å²) in [5.41, 5.74) is 0. The van der Waals surface area contributed by atoms with E-state index in [2.05, 4.69) is 4.90 Å². The zero-order valence-corrected chi connectivity index (χ0v) is 13.1. The van der Waals surface area contributed by atoms with Crippen LogP contribution in [0.25, 0.3) is 0 Å². The number of rotatable bonds is 4. The van der Waals surface area contributed by atoms with Crippen LogP contribution in [0.1, 0.15) is 19.3 Å². The summed E-state index contributed by atoms with van der Waals surface area (Å²) in [5, 5.41) is 0. The lowest BCUT2D eigenvalue weighted by molar-refractivity contribution is -0.135. The highest BCUT2D eigenvalue weighted by atomic mass is 32.2. The highest BCUT2D eigenvalue weighted by molar-refractivity contribution is 7.99. The smallest absolute Gasteiger partial charge is 0.225 e. The van der Waals surface area contributed by atoms with Gasteiger partial charge < -0.3 is 14.4 Å². The second-order valence-electron chi connectivity index (χ2n) is 6.21. The highest BCUT2D eigenvalue weighted by Gasteiger charge is 2.45. The zero-order chi connectivity index (χ0) is 13.9. The molecular formula is C15H25NO3S. The fourth-order valence-electron chi connectivity index (χ4n) is 3.75. The molecule has 4 nitrogen and oxygen atoms in total. The van der Waals surface area contributed by atoms with Crippen molar-refractivity contribution in [1.82, 2.24) is 4.90 Å². The molecule has 0 saturated carbocycles. The average molecular weight is 299 g/mol. The van der Waals surface area contributed by atoms with Gasteiger partial charge in [0.25, 0.3) is 0 Å². The van der Waals surface area contributed by atoms with Crippen LogP contribution in [0.15, 0.2) is 0 Å². The Balaban J connectivity index is 1.55. The molecule has 0 spiro atoms. The van der Waals surface area contributed by atoms with Crippen molar-refractivity contribution in [3.8, 4) is 0 Å². The first kappa shape index (κ1) is 14.7. The lowest BCUT2D eigenvalue weighted by Crippen LogP contribution is -2.37. The fourth-order valence-corrected chi connectivity index (χ4v) is 4.85. The number of hydrogen-bond donors (Lipinski definition) is 0. The topological polar surface area (TPSA) is 38.8 Å². The van der Waals surface area contributed by atoms with Gasteiger partial charge in [0.2, 0.25) is 5.91 Å². The van der Waals surface area contributed by atoms with E-state index in [4.69, 9.17) is 9.47 Å². The maximum Gasteiger partial charge on any atom is 0.225 e. The summed E-state index contributed by atoms with van der Waals surface area (Å²) in [6.45, 7) is 3.37. The summed E-state index contributed by atoms with van der Waals surface area (Å²) in [6.07, 6.45) is 3.45. The number of nitrogens with zero attached hydrogens (tertiary/aromatic N) is 1. The molecule has 0 unspecified atom stereocenters. The van der Waals surface area contributed by atoms with Crippen LogP contribution in [0.3, 0.4) is 0 Å². The van der Waals surface area contributed by atoms with Crippen LogP contribution in [0.5, 0.6) is 0 Å². The highest BCUT2D eigenvalue weighted by Crippen LogP contribution is 2.37. The Morgan fingerprint density at radius 2 is 2.15 bits per heavy atom.